The molecule has 2 rings (SSSR count). The summed E-state index contributed by atoms with van der Waals surface area (Å²) in [6.07, 6.45) is 8.34. The average molecular weight is 275 g/mol. The van der Waals surface area contributed by atoms with E-state index in [0.717, 1.165) is 38.2 Å². The Hall–Kier alpha value is -0.860. The molecule has 20 heavy (non-hydrogen) atoms. The molecule has 0 aromatic heterocycles. The third-order valence-electron chi connectivity index (χ3n) is 4.83. The van der Waals surface area contributed by atoms with Gasteiger partial charge in [0.15, 0.2) is 0 Å². The van der Waals surface area contributed by atoms with Crippen molar-refractivity contribution in [3.63, 3.8) is 0 Å². The van der Waals surface area contributed by atoms with E-state index in [1.807, 2.05) is 0 Å². The molecule has 1 aromatic rings. The van der Waals surface area contributed by atoms with E-state index in [1.54, 1.807) is 0 Å². The number of nitrogens with two attached hydrogens (primary N) is 1. The molecular weight excluding hydrogens is 246 g/mol. The van der Waals surface area contributed by atoms with Gasteiger partial charge in [-0.25, -0.2) is 0 Å². The zero-order valence-corrected chi connectivity index (χ0v) is 12.8. The quantitative estimate of drug-likeness (QED) is 0.765. The molecule has 1 fully saturated rings. The van der Waals surface area contributed by atoms with Crippen LogP contribution in [0.25, 0.3) is 0 Å². The number of aryl methyl sites for hydroxylation is 1. The van der Waals surface area contributed by atoms with Crippen molar-refractivity contribution < 1.29 is 4.74 Å². The lowest BCUT2D eigenvalue weighted by Gasteiger charge is -2.39. The summed E-state index contributed by atoms with van der Waals surface area (Å²) in [7, 11) is 0. The van der Waals surface area contributed by atoms with Gasteiger partial charge in [0.25, 0.3) is 0 Å². The minimum atomic E-state index is -0.0254. The van der Waals surface area contributed by atoms with Gasteiger partial charge >= 0.3 is 0 Å². The largest absolute Gasteiger partial charge is 0.374 e. The maximum Gasteiger partial charge on any atom is 0.0804 e. The summed E-state index contributed by atoms with van der Waals surface area (Å²) in [5.74, 6) is 0.891. The van der Waals surface area contributed by atoms with Gasteiger partial charge in [0.2, 0.25) is 0 Å². The van der Waals surface area contributed by atoms with Crippen molar-refractivity contribution >= 4 is 0 Å². The van der Waals surface area contributed by atoms with Crippen molar-refractivity contribution in [3.05, 3.63) is 35.9 Å². The van der Waals surface area contributed by atoms with Crippen LogP contribution >= 0.6 is 0 Å². The molecule has 0 radical (unpaired) electrons. The Morgan fingerprint density at radius 2 is 1.90 bits per heavy atom. The Kier molecular flexibility index (Phi) is 6.06. The third-order valence-corrected chi connectivity index (χ3v) is 4.83. The van der Waals surface area contributed by atoms with Gasteiger partial charge in [0, 0.05) is 13.2 Å². The van der Waals surface area contributed by atoms with E-state index in [9.17, 15) is 0 Å². The van der Waals surface area contributed by atoms with Crippen LogP contribution in [0.3, 0.4) is 0 Å². The molecule has 2 nitrogen and oxygen atoms in total. The normalized spacial score (nSPS) is 26.6. The van der Waals surface area contributed by atoms with Crippen LogP contribution in [0.5, 0.6) is 0 Å². The molecule has 0 aliphatic heterocycles. The van der Waals surface area contributed by atoms with Crippen molar-refractivity contribution in [2.24, 2.45) is 11.7 Å². The topological polar surface area (TPSA) is 35.2 Å². The third kappa shape index (κ3) is 4.32. The monoisotopic (exact) mass is 275 g/mol. The predicted molar refractivity (Wildman–Crippen MR) is 84.7 cm³/mol. The molecule has 0 spiro atoms. The molecule has 0 unspecified atom stereocenters. The van der Waals surface area contributed by atoms with E-state index in [0.29, 0.717) is 6.54 Å². The number of hydrogen-bond acceptors (Lipinski definition) is 2. The van der Waals surface area contributed by atoms with Gasteiger partial charge in [-0.3, -0.25) is 0 Å². The van der Waals surface area contributed by atoms with Crippen LogP contribution in [0.15, 0.2) is 30.3 Å². The molecule has 0 bridgehead atoms. The molecular formula is C18H29NO. The first-order valence-electron chi connectivity index (χ1n) is 8.16. The van der Waals surface area contributed by atoms with Crippen LogP contribution in [0.2, 0.25) is 0 Å². The smallest absolute Gasteiger partial charge is 0.0804 e. The standard InChI is InChI=1S/C18H29NO/c1-2-16-10-12-18(15-19,13-11-16)20-14-6-9-17-7-4-3-5-8-17/h3-5,7-8,16H,2,6,9-15,19H2,1H3. The zero-order valence-electron chi connectivity index (χ0n) is 12.8. The highest BCUT2D eigenvalue weighted by molar-refractivity contribution is 5.14. The van der Waals surface area contributed by atoms with Gasteiger partial charge < -0.3 is 10.5 Å². The summed E-state index contributed by atoms with van der Waals surface area (Å²) in [5.41, 5.74) is 7.36. The number of hydrogen-bond donors (Lipinski definition) is 1. The minimum absolute atomic E-state index is 0.0254. The second kappa shape index (κ2) is 7.80. The summed E-state index contributed by atoms with van der Waals surface area (Å²) >= 11 is 0. The Balaban J connectivity index is 1.71. The van der Waals surface area contributed by atoms with Gasteiger partial charge in [0.1, 0.15) is 0 Å². The summed E-state index contributed by atoms with van der Waals surface area (Å²) in [4.78, 5) is 0. The Bertz CT molecular complexity index is 368. The van der Waals surface area contributed by atoms with Crippen molar-refractivity contribution in [1.29, 1.82) is 0 Å². The number of rotatable bonds is 7. The summed E-state index contributed by atoms with van der Waals surface area (Å²) in [6.45, 7) is 3.80. The Labute approximate surface area is 123 Å². The number of benzene rings is 1. The van der Waals surface area contributed by atoms with Gasteiger partial charge in [-0.05, 0) is 50.0 Å². The molecule has 1 saturated carbocycles. The van der Waals surface area contributed by atoms with Crippen molar-refractivity contribution in [2.75, 3.05) is 13.2 Å². The van der Waals surface area contributed by atoms with E-state index in [2.05, 4.69) is 37.3 Å². The Morgan fingerprint density at radius 1 is 1.20 bits per heavy atom. The molecule has 112 valence electrons. The molecule has 1 aliphatic carbocycles. The fourth-order valence-electron chi connectivity index (χ4n) is 3.23. The van der Waals surface area contributed by atoms with Gasteiger partial charge in [-0.2, -0.15) is 0 Å². The second-order valence-electron chi connectivity index (χ2n) is 6.18. The summed E-state index contributed by atoms with van der Waals surface area (Å²) in [5, 5.41) is 0. The summed E-state index contributed by atoms with van der Waals surface area (Å²) < 4.78 is 6.21. The molecule has 1 aliphatic rings. The molecule has 0 amide bonds. The first kappa shape index (κ1) is 15.5. The average Bonchev–Trinajstić information content (AvgIpc) is 2.53. The molecule has 0 saturated heterocycles. The maximum absolute atomic E-state index is 6.21. The second-order valence-corrected chi connectivity index (χ2v) is 6.18. The van der Waals surface area contributed by atoms with E-state index < -0.39 is 0 Å². The van der Waals surface area contributed by atoms with Crippen LogP contribution in [0.4, 0.5) is 0 Å². The minimum Gasteiger partial charge on any atom is -0.374 e. The molecule has 2 heteroatoms. The molecule has 0 heterocycles. The number of ether oxygens (including phenoxy) is 1. The zero-order chi connectivity index (χ0) is 14.3. The van der Waals surface area contributed by atoms with Crippen LogP contribution in [-0.2, 0) is 11.2 Å². The highest BCUT2D eigenvalue weighted by Crippen LogP contribution is 2.35. The van der Waals surface area contributed by atoms with Crippen molar-refractivity contribution in [3.8, 4) is 0 Å². The van der Waals surface area contributed by atoms with Crippen LogP contribution in [-0.4, -0.2) is 18.8 Å². The van der Waals surface area contributed by atoms with Crippen molar-refractivity contribution in [1.82, 2.24) is 0 Å². The molecule has 1 aromatic carbocycles. The van der Waals surface area contributed by atoms with E-state index in [4.69, 9.17) is 10.5 Å². The highest BCUT2D eigenvalue weighted by atomic mass is 16.5. The first-order valence-corrected chi connectivity index (χ1v) is 8.16. The fourth-order valence-corrected chi connectivity index (χ4v) is 3.23. The van der Waals surface area contributed by atoms with Crippen molar-refractivity contribution in [2.45, 2.75) is 57.5 Å². The lowest BCUT2D eigenvalue weighted by Crippen LogP contribution is -2.44. The SMILES string of the molecule is CCC1CCC(CN)(OCCCc2ccccc2)CC1. The lowest BCUT2D eigenvalue weighted by molar-refractivity contribution is -0.0721. The highest BCUT2D eigenvalue weighted by Gasteiger charge is 2.34. The first-order chi connectivity index (χ1) is 9.78. The van der Waals surface area contributed by atoms with Crippen LogP contribution in [0.1, 0.15) is 51.0 Å². The van der Waals surface area contributed by atoms with Crippen LogP contribution < -0.4 is 5.73 Å². The maximum atomic E-state index is 6.21. The molecule has 0 atom stereocenters. The predicted octanol–water partition coefficient (Wildman–Crippen LogP) is 3.93. The summed E-state index contributed by atoms with van der Waals surface area (Å²) in [6, 6.07) is 10.6. The molecule has 2 N–H and O–H groups in total. The van der Waals surface area contributed by atoms with Crippen LogP contribution in [0, 0.1) is 5.92 Å². The van der Waals surface area contributed by atoms with E-state index in [1.165, 1.54) is 24.8 Å². The van der Waals surface area contributed by atoms with Gasteiger partial charge in [-0.15, -0.1) is 0 Å². The van der Waals surface area contributed by atoms with E-state index >= 15 is 0 Å². The fraction of sp³-hybridized carbons (Fsp3) is 0.667. The Morgan fingerprint density at radius 3 is 2.50 bits per heavy atom. The van der Waals surface area contributed by atoms with Gasteiger partial charge in [0.05, 0.1) is 5.60 Å². The van der Waals surface area contributed by atoms with Gasteiger partial charge in [-0.1, -0.05) is 43.7 Å². The van der Waals surface area contributed by atoms with E-state index in [-0.39, 0.29) is 5.60 Å². The lowest BCUT2D eigenvalue weighted by atomic mass is 9.77.